The van der Waals surface area contributed by atoms with E-state index in [2.05, 4.69) is 46.5 Å². The first-order valence-electron chi connectivity index (χ1n) is 8.15. The number of nitrogens with one attached hydrogen (secondary N) is 1. The van der Waals surface area contributed by atoms with Crippen molar-refractivity contribution in [2.24, 2.45) is 5.10 Å². The van der Waals surface area contributed by atoms with Crippen molar-refractivity contribution in [3.8, 4) is 5.75 Å². The molecule has 0 aliphatic heterocycles. The topological polar surface area (TPSA) is 55.2 Å². The Labute approximate surface area is 152 Å². The van der Waals surface area contributed by atoms with Crippen molar-refractivity contribution in [3.05, 3.63) is 75.8 Å². The van der Waals surface area contributed by atoms with E-state index in [1.54, 1.807) is 10.9 Å². The van der Waals surface area contributed by atoms with Gasteiger partial charge in [0.1, 0.15) is 12.4 Å². The minimum absolute atomic E-state index is 0.492. The molecule has 25 heavy (non-hydrogen) atoms. The molecule has 1 aromatic heterocycles. The summed E-state index contributed by atoms with van der Waals surface area (Å²) in [6, 6.07) is 16.1. The van der Waals surface area contributed by atoms with Crippen molar-refractivity contribution in [2.45, 2.75) is 26.9 Å². The molecule has 3 rings (SSSR count). The van der Waals surface area contributed by atoms with Crippen LogP contribution in [0, 0.1) is 11.7 Å². The van der Waals surface area contributed by atoms with Crippen LogP contribution in [-0.2, 0) is 13.0 Å². The Kier molecular flexibility index (Phi) is 5.40. The summed E-state index contributed by atoms with van der Waals surface area (Å²) >= 11 is 5.18. The summed E-state index contributed by atoms with van der Waals surface area (Å²) in [4.78, 5) is 0. The monoisotopic (exact) mass is 352 g/mol. The molecule has 6 heteroatoms. The predicted molar refractivity (Wildman–Crippen MR) is 102 cm³/mol. The van der Waals surface area contributed by atoms with Gasteiger partial charge in [-0.25, -0.2) is 0 Å². The van der Waals surface area contributed by atoms with Crippen molar-refractivity contribution in [1.29, 1.82) is 0 Å². The van der Waals surface area contributed by atoms with Gasteiger partial charge in [-0.3, -0.25) is 5.10 Å². The van der Waals surface area contributed by atoms with E-state index in [0.717, 1.165) is 29.1 Å². The van der Waals surface area contributed by atoms with Crippen LogP contribution in [0.5, 0.6) is 5.75 Å². The first kappa shape index (κ1) is 17.1. The smallest absolute Gasteiger partial charge is 0.216 e. The average Bonchev–Trinajstić information content (AvgIpc) is 3.00. The molecule has 0 saturated carbocycles. The second-order valence-corrected chi connectivity index (χ2v) is 6.08. The number of ether oxygens (including phenoxy) is 1. The van der Waals surface area contributed by atoms with Gasteiger partial charge in [-0.05, 0) is 54.5 Å². The first-order valence-corrected chi connectivity index (χ1v) is 8.55. The number of H-pyrrole nitrogens is 1. The largest absolute Gasteiger partial charge is 0.489 e. The Morgan fingerprint density at radius 1 is 1.16 bits per heavy atom. The minimum atomic E-state index is 0.492. The standard InChI is InChI=1S/C19H20N4OS/c1-3-18-21-22-19(25)23(18)20-12-15-8-10-17(11-9-15)24-13-16-6-4-14(2)5-7-16/h4-12H,3,13H2,1-2H3,(H,22,25). The number of nitrogens with zero attached hydrogens (tertiary/aromatic N) is 3. The van der Waals surface area contributed by atoms with Gasteiger partial charge < -0.3 is 4.74 Å². The lowest BCUT2D eigenvalue weighted by molar-refractivity contribution is 0.306. The molecule has 0 aliphatic rings. The molecule has 0 radical (unpaired) electrons. The van der Waals surface area contributed by atoms with Crippen LogP contribution >= 0.6 is 12.2 Å². The summed E-state index contributed by atoms with van der Waals surface area (Å²) in [5, 5.41) is 11.3. The Bertz CT molecular complexity index is 908. The molecule has 1 heterocycles. The maximum Gasteiger partial charge on any atom is 0.216 e. The summed E-state index contributed by atoms with van der Waals surface area (Å²) in [6.45, 7) is 4.64. The van der Waals surface area contributed by atoms with Crippen molar-refractivity contribution in [2.75, 3.05) is 0 Å². The molecular weight excluding hydrogens is 332 g/mol. The Balaban J connectivity index is 1.64. The SMILES string of the molecule is CCc1n[nH]c(=S)n1N=Cc1ccc(OCc2ccc(C)cc2)cc1. The molecule has 0 saturated heterocycles. The average molecular weight is 352 g/mol. The van der Waals surface area contributed by atoms with E-state index >= 15 is 0 Å². The molecular formula is C19H20N4OS. The number of aromatic amines is 1. The Morgan fingerprint density at radius 3 is 2.56 bits per heavy atom. The fourth-order valence-corrected chi connectivity index (χ4v) is 2.50. The van der Waals surface area contributed by atoms with Gasteiger partial charge in [0.2, 0.25) is 4.77 Å². The van der Waals surface area contributed by atoms with Crippen molar-refractivity contribution in [1.82, 2.24) is 14.9 Å². The second kappa shape index (κ2) is 7.90. The summed E-state index contributed by atoms with van der Waals surface area (Å²) in [7, 11) is 0. The van der Waals surface area contributed by atoms with Gasteiger partial charge in [0, 0.05) is 6.42 Å². The zero-order chi connectivity index (χ0) is 17.6. The van der Waals surface area contributed by atoms with E-state index < -0.39 is 0 Å². The molecule has 0 bridgehead atoms. The lowest BCUT2D eigenvalue weighted by atomic mass is 10.2. The second-order valence-electron chi connectivity index (χ2n) is 5.70. The lowest BCUT2D eigenvalue weighted by Crippen LogP contribution is -1.98. The molecule has 0 aliphatic carbocycles. The normalized spacial score (nSPS) is 11.1. The number of aromatic nitrogens is 3. The molecule has 2 aromatic carbocycles. The quantitative estimate of drug-likeness (QED) is 0.532. The van der Waals surface area contributed by atoms with Crippen molar-refractivity contribution in [3.63, 3.8) is 0 Å². The van der Waals surface area contributed by atoms with Gasteiger partial charge in [0.25, 0.3) is 0 Å². The molecule has 3 aromatic rings. The van der Waals surface area contributed by atoms with Crippen LogP contribution in [0.4, 0.5) is 0 Å². The molecule has 0 amide bonds. The molecule has 5 nitrogen and oxygen atoms in total. The highest BCUT2D eigenvalue weighted by atomic mass is 32.1. The van der Waals surface area contributed by atoms with E-state index in [-0.39, 0.29) is 0 Å². The molecule has 0 fully saturated rings. The number of aryl methyl sites for hydroxylation is 2. The molecule has 1 N–H and O–H groups in total. The van der Waals surface area contributed by atoms with Gasteiger partial charge in [-0.15, -0.1) is 0 Å². The zero-order valence-corrected chi connectivity index (χ0v) is 15.1. The van der Waals surface area contributed by atoms with E-state index in [1.807, 2.05) is 31.2 Å². The number of rotatable bonds is 6. The van der Waals surface area contributed by atoms with Crippen molar-refractivity contribution < 1.29 is 4.74 Å². The Morgan fingerprint density at radius 2 is 1.88 bits per heavy atom. The van der Waals surface area contributed by atoms with Crippen LogP contribution < -0.4 is 4.74 Å². The highest BCUT2D eigenvalue weighted by Crippen LogP contribution is 2.14. The molecule has 0 atom stereocenters. The Hall–Kier alpha value is -2.73. The highest BCUT2D eigenvalue weighted by Gasteiger charge is 2.01. The van der Waals surface area contributed by atoms with Gasteiger partial charge in [-0.2, -0.15) is 14.9 Å². The summed E-state index contributed by atoms with van der Waals surface area (Å²) in [6.07, 6.45) is 2.52. The summed E-state index contributed by atoms with van der Waals surface area (Å²) in [5.41, 5.74) is 3.36. The van der Waals surface area contributed by atoms with Crippen LogP contribution in [-0.4, -0.2) is 21.1 Å². The maximum absolute atomic E-state index is 5.81. The highest BCUT2D eigenvalue weighted by molar-refractivity contribution is 7.71. The van der Waals surface area contributed by atoms with Crippen molar-refractivity contribution >= 4 is 18.4 Å². The van der Waals surface area contributed by atoms with E-state index in [9.17, 15) is 0 Å². The number of hydrogen-bond donors (Lipinski definition) is 1. The minimum Gasteiger partial charge on any atom is -0.489 e. The van der Waals surface area contributed by atoms with Crippen LogP contribution in [0.1, 0.15) is 29.4 Å². The molecule has 128 valence electrons. The van der Waals surface area contributed by atoms with Gasteiger partial charge >= 0.3 is 0 Å². The van der Waals surface area contributed by atoms with Gasteiger partial charge in [0.15, 0.2) is 5.82 Å². The third-order valence-electron chi connectivity index (χ3n) is 3.76. The summed E-state index contributed by atoms with van der Waals surface area (Å²) in [5.74, 6) is 1.63. The number of benzene rings is 2. The van der Waals surface area contributed by atoms with Crippen LogP contribution in [0.2, 0.25) is 0 Å². The lowest BCUT2D eigenvalue weighted by Gasteiger charge is -2.06. The third-order valence-corrected chi connectivity index (χ3v) is 4.03. The zero-order valence-electron chi connectivity index (χ0n) is 14.3. The summed E-state index contributed by atoms with van der Waals surface area (Å²) < 4.78 is 7.94. The fourth-order valence-electron chi connectivity index (χ4n) is 2.30. The van der Waals surface area contributed by atoms with Gasteiger partial charge in [0.05, 0.1) is 6.21 Å². The van der Waals surface area contributed by atoms with E-state index in [0.29, 0.717) is 11.4 Å². The third kappa shape index (κ3) is 4.42. The van der Waals surface area contributed by atoms with E-state index in [4.69, 9.17) is 17.0 Å². The van der Waals surface area contributed by atoms with Gasteiger partial charge in [-0.1, -0.05) is 36.8 Å². The first-order chi connectivity index (χ1) is 12.2. The predicted octanol–water partition coefficient (Wildman–Crippen LogP) is 4.27. The maximum atomic E-state index is 5.81. The fraction of sp³-hybridized carbons (Fsp3) is 0.211. The molecule has 0 unspecified atom stereocenters. The van der Waals surface area contributed by atoms with Crippen LogP contribution in [0.15, 0.2) is 53.6 Å². The van der Waals surface area contributed by atoms with Crippen LogP contribution in [0.3, 0.4) is 0 Å². The number of hydrogen-bond acceptors (Lipinski definition) is 4. The molecule has 0 spiro atoms. The van der Waals surface area contributed by atoms with E-state index in [1.165, 1.54) is 5.56 Å². The van der Waals surface area contributed by atoms with Crippen LogP contribution in [0.25, 0.3) is 0 Å².